The summed E-state index contributed by atoms with van der Waals surface area (Å²) in [6.45, 7) is 3.32. The first-order chi connectivity index (χ1) is 7.17. The van der Waals surface area contributed by atoms with Crippen molar-refractivity contribution >= 4 is 17.8 Å². The summed E-state index contributed by atoms with van der Waals surface area (Å²) in [5.41, 5.74) is -2.56. The van der Waals surface area contributed by atoms with Gasteiger partial charge in [-0.1, -0.05) is 0 Å². The number of carbonyl (C=O) groups is 3. The summed E-state index contributed by atoms with van der Waals surface area (Å²) in [6.07, 6.45) is -1.80. The van der Waals surface area contributed by atoms with E-state index in [1.165, 1.54) is 0 Å². The second-order valence-corrected chi connectivity index (χ2v) is 3.81. The first-order valence-electron chi connectivity index (χ1n) is 4.64. The van der Waals surface area contributed by atoms with Crippen LogP contribution >= 0.6 is 0 Å². The topological polar surface area (TPSA) is 124 Å². The largest absolute Gasteiger partial charge is 0.481 e. The molecule has 16 heavy (non-hydrogen) atoms. The lowest BCUT2D eigenvalue weighted by atomic mass is 9.95. The van der Waals surface area contributed by atoms with Gasteiger partial charge in [0.25, 0.3) is 0 Å². The molecule has 0 aromatic carbocycles. The molecule has 7 heteroatoms. The molecular weight excluding hydrogens is 218 g/mol. The fraction of sp³-hybridized carbons (Fsp3) is 0.667. The van der Waals surface area contributed by atoms with E-state index in [9.17, 15) is 19.5 Å². The molecule has 4 N–H and O–H groups in total. The first kappa shape index (κ1) is 14.4. The van der Waals surface area contributed by atoms with Crippen molar-refractivity contribution in [3.63, 3.8) is 0 Å². The molecule has 0 aliphatic rings. The van der Waals surface area contributed by atoms with Gasteiger partial charge in [-0.05, 0) is 13.8 Å². The summed E-state index contributed by atoms with van der Waals surface area (Å²) in [4.78, 5) is 32.3. The minimum Gasteiger partial charge on any atom is -0.481 e. The van der Waals surface area contributed by atoms with Gasteiger partial charge in [0, 0.05) is 6.04 Å². The normalized spacial score (nSPS) is 14.2. The van der Waals surface area contributed by atoms with Crippen LogP contribution in [0.3, 0.4) is 0 Å². The monoisotopic (exact) mass is 233 g/mol. The van der Waals surface area contributed by atoms with Gasteiger partial charge in [0.2, 0.25) is 5.91 Å². The summed E-state index contributed by atoms with van der Waals surface area (Å²) in [5, 5.41) is 29.0. The average molecular weight is 233 g/mol. The third-order valence-electron chi connectivity index (χ3n) is 1.74. The van der Waals surface area contributed by atoms with Crippen molar-refractivity contribution in [2.45, 2.75) is 38.3 Å². The highest BCUT2D eigenvalue weighted by Crippen LogP contribution is 2.16. The Hall–Kier alpha value is -1.63. The molecule has 0 saturated carbocycles. The maximum atomic E-state index is 11.2. The molecule has 0 aliphatic heterocycles. The van der Waals surface area contributed by atoms with Gasteiger partial charge in [-0.25, -0.2) is 4.79 Å². The van der Waals surface area contributed by atoms with Crippen molar-refractivity contribution in [3.05, 3.63) is 0 Å². The summed E-state index contributed by atoms with van der Waals surface area (Å²) in [5.74, 6) is -3.92. The van der Waals surface area contributed by atoms with Crippen molar-refractivity contribution < 1.29 is 29.7 Å². The van der Waals surface area contributed by atoms with Crippen LogP contribution in [0, 0.1) is 0 Å². The molecule has 0 aromatic heterocycles. The third-order valence-corrected chi connectivity index (χ3v) is 1.74. The Kier molecular flexibility index (Phi) is 4.90. The number of rotatable bonds is 6. The second-order valence-electron chi connectivity index (χ2n) is 3.81. The minimum absolute atomic E-state index is 0.213. The van der Waals surface area contributed by atoms with Crippen molar-refractivity contribution in [1.29, 1.82) is 0 Å². The molecule has 0 fully saturated rings. The quantitative estimate of drug-likeness (QED) is 0.475. The standard InChI is InChI=1S/C9H15NO6/c1-5(2)10-6(11)3-9(16,8(14)15)4-7(12)13/h5,16H,3-4H2,1-2H3,(H,10,11)(H,12,13)(H,14,15). The predicted molar refractivity (Wildman–Crippen MR) is 52.7 cm³/mol. The van der Waals surface area contributed by atoms with Gasteiger partial charge in [0.1, 0.15) is 0 Å². The number of hydrogen-bond donors (Lipinski definition) is 4. The predicted octanol–water partition coefficient (Wildman–Crippen LogP) is -0.808. The van der Waals surface area contributed by atoms with Gasteiger partial charge < -0.3 is 20.6 Å². The smallest absolute Gasteiger partial charge is 0.336 e. The van der Waals surface area contributed by atoms with E-state index in [0.29, 0.717) is 0 Å². The SMILES string of the molecule is CC(C)NC(=O)CC(O)(CC(=O)O)C(=O)O. The van der Waals surface area contributed by atoms with E-state index in [1.54, 1.807) is 13.8 Å². The fourth-order valence-electron chi connectivity index (χ4n) is 1.10. The molecular formula is C9H15NO6. The van der Waals surface area contributed by atoms with Gasteiger partial charge in [0.15, 0.2) is 5.60 Å². The zero-order chi connectivity index (χ0) is 12.9. The summed E-state index contributed by atoms with van der Waals surface area (Å²) >= 11 is 0. The molecule has 1 unspecified atom stereocenters. The van der Waals surface area contributed by atoms with E-state index in [-0.39, 0.29) is 6.04 Å². The number of carbonyl (C=O) groups excluding carboxylic acids is 1. The zero-order valence-corrected chi connectivity index (χ0v) is 9.06. The number of carboxylic acids is 2. The van der Waals surface area contributed by atoms with Crippen molar-refractivity contribution in [2.24, 2.45) is 0 Å². The lowest BCUT2D eigenvalue weighted by Crippen LogP contribution is -2.46. The lowest BCUT2D eigenvalue weighted by molar-refractivity contribution is -0.167. The first-order valence-corrected chi connectivity index (χ1v) is 4.64. The number of amides is 1. The number of nitrogens with one attached hydrogen (secondary N) is 1. The van der Waals surface area contributed by atoms with Crippen LogP contribution in [-0.2, 0) is 14.4 Å². The van der Waals surface area contributed by atoms with E-state index >= 15 is 0 Å². The third kappa shape index (κ3) is 4.74. The number of aliphatic carboxylic acids is 2. The summed E-state index contributed by atoms with van der Waals surface area (Å²) < 4.78 is 0. The Morgan fingerprint density at radius 2 is 1.69 bits per heavy atom. The number of aliphatic hydroxyl groups is 1. The van der Waals surface area contributed by atoms with E-state index in [2.05, 4.69) is 5.32 Å². The van der Waals surface area contributed by atoms with E-state index in [0.717, 1.165) is 0 Å². The van der Waals surface area contributed by atoms with Gasteiger partial charge >= 0.3 is 11.9 Å². The lowest BCUT2D eigenvalue weighted by Gasteiger charge is -2.21. The maximum Gasteiger partial charge on any atom is 0.336 e. The molecule has 0 heterocycles. The Labute approximate surface area is 92.1 Å². The van der Waals surface area contributed by atoms with E-state index in [1.807, 2.05) is 0 Å². The highest BCUT2D eigenvalue weighted by atomic mass is 16.4. The Balaban J connectivity index is 4.62. The molecule has 1 atom stereocenters. The summed E-state index contributed by atoms with van der Waals surface area (Å²) in [7, 11) is 0. The molecule has 0 radical (unpaired) electrons. The van der Waals surface area contributed by atoms with Crippen LogP contribution in [0.25, 0.3) is 0 Å². The molecule has 0 aromatic rings. The van der Waals surface area contributed by atoms with Crippen LogP contribution in [-0.4, -0.2) is 44.8 Å². The van der Waals surface area contributed by atoms with Gasteiger partial charge in [0.05, 0.1) is 12.8 Å². The molecule has 0 spiro atoms. The Morgan fingerprint density at radius 3 is 2.00 bits per heavy atom. The molecule has 7 nitrogen and oxygen atoms in total. The Bertz CT molecular complexity index is 300. The molecule has 1 amide bonds. The van der Waals surface area contributed by atoms with Gasteiger partial charge in [-0.15, -0.1) is 0 Å². The second kappa shape index (κ2) is 5.45. The Morgan fingerprint density at radius 1 is 1.19 bits per heavy atom. The molecule has 0 saturated heterocycles. The van der Waals surface area contributed by atoms with Crippen molar-refractivity contribution in [2.75, 3.05) is 0 Å². The van der Waals surface area contributed by atoms with Gasteiger partial charge in [-0.3, -0.25) is 9.59 Å². The van der Waals surface area contributed by atoms with Gasteiger partial charge in [-0.2, -0.15) is 0 Å². The molecule has 92 valence electrons. The van der Waals surface area contributed by atoms with E-state index in [4.69, 9.17) is 10.2 Å². The maximum absolute atomic E-state index is 11.2. The van der Waals surface area contributed by atoms with Crippen molar-refractivity contribution in [3.8, 4) is 0 Å². The minimum atomic E-state index is -2.56. The van der Waals surface area contributed by atoms with E-state index < -0.39 is 36.3 Å². The highest BCUT2D eigenvalue weighted by molar-refractivity contribution is 5.90. The van der Waals surface area contributed by atoms with Crippen LogP contribution in [0.1, 0.15) is 26.7 Å². The summed E-state index contributed by atoms with van der Waals surface area (Å²) in [6, 6.07) is -0.213. The van der Waals surface area contributed by atoms with Crippen LogP contribution in [0.2, 0.25) is 0 Å². The number of hydrogen-bond acceptors (Lipinski definition) is 4. The fourth-order valence-corrected chi connectivity index (χ4v) is 1.10. The molecule has 0 bridgehead atoms. The van der Waals surface area contributed by atoms with Crippen molar-refractivity contribution in [1.82, 2.24) is 5.32 Å². The van der Waals surface area contributed by atoms with Crippen LogP contribution in [0.15, 0.2) is 0 Å². The highest BCUT2D eigenvalue weighted by Gasteiger charge is 2.40. The van der Waals surface area contributed by atoms with Crippen LogP contribution < -0.4 is 5.32 Å². The van der Waals surface area contributed by atoms with Crippen LogP contribution in [0.4, 0.5) is 0 Å². The molecule has 0 aliphatic carbocycles. The average Bonchev–Trinajstić information content (AvgIpc) is 1.98. The molecule has 0 rings (SSSR count). The number of carboxylic acid groups (broad SMARTS) is 2. The van der Waals surface area contributed by atoms with Crippen LogP contribution in [0.5, 0.6) is 0 Å². The zero-order valence-electron chi connectivity index (χ0n) is 9.06.